The molecule has 1 aromatic rings. The molecular weight excluding hydrogens is 281 g/mol. The molecule has 0 radical (unpaired) electrons. The summed E-state index contributed by atoms with van der Waals surface area (Å²) in [4.78, 5) is 15.5. The van der Waals surface area contributed by atoms with Gasteiger partial charge in [-0.05, 0) is 0 Å². The second-order valence-corrected chi connectivity index (χ2v) is 3.13. The Morgan fingerprint density at radius 2 is 2.17 bits per heavy atom. The van der Waals surface area contributed by atoms with Crippen LogP contribution in [-0.4, -0.2) is 37.8 Å². The zero-order valence-corrected chi connectivity index (χ0v) is 11.7. The minimum Gasteiger partial charge on any atom is -0.494 e. The summed E-state index contributed by atoms with van der Waals surface area (Å²) in [5.41, 5.74) is 6.06. The third-order valence-corrected chi connectivity index (χ3v) is 1.94. The molecule has 0 aromatic carbocycles. The number of nitrogens with one attached hydrogen (secondary N) is 1. The lowest BCUT2D eigenvalue weighted by Gasteiger charge is -2.12. The number of aromatic nitrogens is 1. The van der Waals surface area contributed by atoms with Crippen molar-refractivity contribution in [3.63, 3.8) is 0 Å². The Bertz CT molecular complexity index is 366. The highest BCUT2D eigenvalue weighted by Gasteiger charge is 2.14. The molecule has 0 saturated carbocycles. The number of anilines is 1. The van der Waals surface area contributed by atoms with Crippen LogP contribution in [0.15, 0.2) is 18.5 Å². The molecule has 6 nitrogen and oxygen atoms in total. The van der Waals surface area contributed by atoms with Crippen molar-refractivity contribution in [3.05, 3.63) is 18.5 Å². The van der Waals surface area contributed by atoms with E-state index in [1.54, 1.807) is 12.3 Å². The lowest BCUT2D eigenvalue weighted by atomic mass is 10.3. The minimum atomic E-state index is -0.713. The predicted molar refractivity (Wildman–Crippen MR) is 73.8 cm³/mol. The van der Waals surface area contributed by atoms with E-state index in [1.165, 1.54) is 20.4 Å². The van der Waals surface area contributed by atoms with Crippen molar-refractivity contribution in [2.24, 2.45) is 5.73 Å². The van der Waals surface area contributed by atoms with E-state index in [1.807, 2.05) is 0 Å². The highest BCUT2D eigenvalue weighted by molar-refractivity contribution is 5.95. The van der Waals surface area contributed by atoms with Crippen LogP contribution >= 0.6 is 24.8 Å². The maximum absolute atomic E-state index is 11.6. The van der Waals surface area contributed by atoms with Crippen LogP contribution in [0.3, 0.4) is 0 Å². The molecule has 0 saturated heterocycles. The van der Waals surface area contributed by atoms with Gasteiger partial charge in [0.05, 0.1) is 19.9 Å². The third kappa shape index (κ3) is 5.50. The molecule has 1 atom stereocenters. The van der Waals surface area contributed by atoms with Crippen molar-refractivity contribution in [2.75, 3.05) is 26.1 Å². The van der Waals surface area contributed by atoms with E-state index in [9.17, 15) is 4.79 Å². The molecule has 8 heteroatoms. The number of amides is 1. The second-order valence-electron chi connectivity index (χ2n) is 3.13. The first-order valence-electron chi connectivity index (χ1n) is 4.72. The first-order chi connectivity index (χ1) is 7.69. The molecule has 18 heavy (non-hydrogen) atoms. The summed E-state index contributed by atoms with van der Waals surface area (Å²) in [5, 5.41) is 2.61. The van der Waals surface area contributed by atoms with E-state index in [0.717, 1.165) is 0 Å². The van der Waals surface area contributed by atoms with Gasteiger partial charge in [-0.2, -0.15) is 0 Å². The number of carbonyl (C=O) groups excluding carboxylic acids is 1. The van der Waals surface area contributed by atoms with E-state index >= 15 is 0 Å². The van der Waals surface area contributed by atoms with E-state index in [2.05, 4.69) is 10.3 Å². The molecule has 0 spiro atoms. The van der Waals surface area contributed by atoms with Crippen LogP contribution in [0.5, 0.6) is 5.75 Å². The highest BCUT2D eigenvalue weighted by atomic mass is 35.5. The van der Waals surface area contributed by atoms with Crippen LogP contribution in [0.1, 0.15) is 0 Å². The smallest absolute Gasteiger partial charge is 0.243 e. The number of nitrogens with two attached hydrogens (primary N) is 1. The molecule has 0 aliphatic rings. The van der Waals surface area contributed by atoms with Gasteiger partial charge in [0.2, 0.25) is 5.91 Å². The van der Waals surface area contributed by atoms with E-state index in [0.29, 0.717) is 11.4 Å². The number of halogens is 2. The SMILES string of the molecule is COCC(N)C(=O)Nc1cnccc1OC.Cl.Cl. The molecule has 1 aromatic heterocycles. The van der Waals surface area contributed by atoms with Gasteiger partial charge in [0.25, 0.3) is 0 Å². The number of hydrogen-bond donors (Lipinski definition) is 2. The average Bonchev–Trinajstić information content (AvgIpc) is 2.30. The van der Waals surface area contributed by atoms with Gasteiger partial charge in [-0.25, -0.2) is 0 Å². The lowest BCUT2D eigenvalue weighted by Crippen LogP contribution is -2.39. The fraction of sp³-hybridized carbons (Fsp3) is 0.400. The zero-order valence-electron chi connectivity index (χ0n) is 10.1. The maximum atomic E-state index is 11.6. The monoisotopic (exact) mass is 297 g/mol. The number of pyridine rings is 1. The molecule has 0 aliphatic carbocycles. The zero-order chi connectivity index (χ0) is 12.0. The molecule has 0 bridgehead atoms. The quantitative estimate of drug-likeness (QED) is 0.841. The van der Waals surface area contributed by atoms with Crippen LogP contribution in [0, 0.1) is 0 Å². The van der Waals surface area contributed by atoms with Crippen molar-refractivity contribution in [1.29, 1.82) is 0 Å². The molecule has 0 aliphatic heterocycles. The van der Waals surface area contributed by atoms with Gasteiger partial charge < -0.3 is 20.5 Å². The maximum Gasteiger partial charge on any atom is 0.243 e. The Morgan fingerprint density at radius 3 is 2.72 bits per heavy atom. The van der Waals surface area contributed by atoms with Gasteiger partial charge >= 0.3 is 0 Å². The highest BCUT2D eigenvalue weighted by Crippen LogP contribution is 2.21. The Balaban J connectivity index is 0. The van der Waals surface area contributed by atoms with Gasteiger partial charge in [-0.15, -0.1) is 24.8 Å². The van der Waals surface area contributed by atoms with Crippen molar-refractivity contribution in [1.82, 2.24) is 4.98 Å². The third-order valence-electron chi connectivity index (χ3n) is 1.94. The summed E-state index contributed by atoms with van der Waals surface area (Å²) >= 11 is 0. The van der Waals surface area contributed by atoms with Gasteiger partial charge in [0.1, 0.15) is 17.5 Å². The minimum absolute atomic E-state index is 0. The van der Waals surface area contributed by atoms with Crippen molar-refractivity contribution in [3.8, 4) is 5.75 Å². The fourth-order valence-corrected chi connectivity index (χ4v) is 1.13. The number of rotatable bonds is 5. The molecule has 1 unspecified atom stereocenters. The van der Waals surface area contributed by atoms with Crippen LogP contribution in [-0.2, 0) is 9.53 Å². The van der Waals surface area contributed by atoms with Gasteiger partial charge in [-0.1, -0.05) is 0 Å². The molecule has 0 fully saturated rings. The molecule has 1 amide bonds. The van der Waals surface area contributed by atoms with Crippen molar-refractivity contribution < 1.29 is 14.3 Å². The van der Waals surface area contributed by atoms with Crippen LogP contribution in [0.4, 0.5) is 5.69 Å². The Kier molecular flexibility index (Phi) is 10.6. The largest absolute Gasteiger partial charge is 0.494 e. The molecule has 1 rings (SSSR count). The molecule has 3 N–H and O–H groups in total. The average molecular weight is 298 g/mol. The lowest BCUT2D eigenvalue weighted by molar-refractivity contribution is -0.118. The summed E-state index contributed by atoms with van der Waals surface area (Å²) in [7, 11) is 3.00. The first-order valence-corrected chi connectivity index (χ1v) is 4.72. The molecular formula is C10H17Cl2N3O3. The fourth-order valence-electron chi connectivity index (χ4n) is 1.13. The Morgan fingerprint density at radius 1 is 1.50 bits per heavy atom. The Labute approximate surface area is 118 Å². The summed E-state index contributed by atoms with van der Waals surface area (Å²) in [6.45, 7) is 0.161. The van der Waals surface area contributed by atoms with Crippen molar-refractivity contribution in [2.45, 2.75) is 6.04 Å². The Hall–Kier alpha value is -1.08. The number of carbonyl (C=O) groups is 1. The summed E-state index contributed by atoms with van der Waals surface area (Å²) < 4.78 is 9.85. The number of methoxy groups -OCH3 is 2. The van der Waals surface area contributed by atoms with Gasteiger partial charge in [0.15, 0.2) is 0 Å². The van der Waals surface area contributed by atoms with E-state index < -0.39 is 6.04 Å². The van der Waals surface area contributed by atoms with Crippen LogP contribution in [0.2, 0.25) is 0 Å². The first kappa shape index (κ1) is 19.3. The van der Waals surface area contributed by atoms with E-state index in [-0.39, 0.29) is 37.3 Å². The topological polar surface area (TPSA) is 86.5 Å². The normalized spacial score (nSPS) is 10.6. The summed E-state index contributed by atoms with van der Waals surface area (Å²) in [6.07, 6.45) is 3.07. The molecule has 1 heterocycles. The molecule has 104 valence electrons. The van der Waals surface area contributed by atoms with E-state index in [4.69, 9.17) is 15.2 Å². The van der Waals surface area contributed by atoms with Gasteiger partial charge in [0, 0.05) is 19.4 Å². The number of nitrogens with zero attached hydrogens (tertiary/aromatic N) is 1. The van der Waals surface area contributed by atoms with Gasteiger partial charge in [-0.3, -0.25) is 9.78 Å². The van der Waals surface area contributed by atoms with Crippen LogP contribution in [0.25, 0.3) is 0 Å². The van der Waals surface area contributed by atoms with Crippen molar-refractivity contribution >= 4 is 36.4 Å². The van der Waals surface area contributed by atoms with Crippen LogP contribution < -0.4 is 15.8 Å². The summed E-state index contributed by atoms with van der Waals surface area (Å²) in [5.74, 6) is 0.195. The standard InChI is InChI=1S/C10H15N3O3.2ClH/c1-15-6-7(11)10(14)13-8-5-12-4-3-9(8)16-2;;/h3-5,7H,6,11H2,1-2H3,(H,13,14);2*1H. The predicted octanol–water partition coefficient (Wildman–Crippen LogP) is 0.846. The second kappa shape index (κ2) is 9.90. The number of ether oxygens (including phenoxy) is 2. The number of hydrogen-bond acceptors (Lipinski definition) is 5. The summed E-state index contributed by atoms with van der Waals surface area (Å²) in [6, 6.07) is 0.937.